The van der Waals surface area contributed by atoms with Gasteiger partial charge in [-0.05, 0) is 61.3 Å². The van der Waals surface area contributed by atoms with Gasteiger partial charge in [-0.3, -0.25) is 0 Å². The molecule has 2 nitrogen and oxygen atoms in total. The normalized spacial score (nSPS) is 18.5. The van der Waals surface area contributed by atoms with E-state index < -0.39 is 0 Å². The van der Waals surface area contributed by atoms with Gasteiger partial charge < -0.3 is 10.3 Å². The number of fused-ring (bicyclic) bond motifs is 1. The zero-order chi connectivity index (χ0) is 13.9. The summed E-state index contributed by atoms with van der Waals surface area (Å²) < 4.78 is 2.45. The maximum absolute atomic E-state index is 5.89. The van der Waals surface area contributed by atoms with Crippen molar-refractivity contribution in [3.63, 3.8) is 0 Å². The van der Waals surface area contributed by atoms with Gasteiger partial charge in [-0.2, -0.15) is 0 Å². The van der Waals surface area contributed by atoms with Gasteiger partial charge in [0.15, 0.2) is 0 Å². The van der Waals surface area contributed by atoms with Crippen molar-refractivity contribution in [2.45, 2.75) is 58.0 Å². The summed E-state index contributed by atoms with van der Waals surface area (Å²) in [5.74, 6) is 0.878. The molecular weight excluding hydrogens is 244 g/mol. The molecule has 0 bridgehead atoms. The fraction of sp³-hybridized carbons (Fsp3) is 0.556. The largest absolute Gasteiger partial charge is 0.347 e. The van der Waals surface area contributed by atoms with Crippen molar-refractivity contribution in [2.24, 2.45) is 11.7 Å². The molecule has 1 atom stereocenters. The van der Waals surface area contributed by atoms with E-state index in [1.165, 1.54) is 55.1 Å². The average Bonchev–Trinajstić information content (AvgIpc) is 2.82. The molecule has 0 radical (unpaired) electrons. The van der Waals surface area contributed by atoms with Crippen molar-refractivity contribution >= 4 is 10.9 Å². The third-order valence-corrected chi connectivity index (χ3v) is 4.57. The lowest BCUT2D eigenvalue weighted by atomic mass is 9.89. The number of benzene rings is 1. The average molecular weight is 270 g/mol. The SMILES string of the molecule is CC(N)Cc1ccc2c(ccn2CC2CCCCC2)c1. The van der Waals surface area contributed by atoms with E-state index in [-0.39, 0.29) is 6.04 Å². The summed E-state index contributed by atoms with van der Waals surface area (Å²) in [6.07, 6.45) is 10.3. The molecule has 1 aliphatic rings. The number of nitrogens with zero attached hydrogens (tertiary/aromatic N) is 1. The number of hydrogen-bond donors (Lipinski definition) is 1. The Morgan fingerprint density at radius 2 is 2.00 bits per heavy atom. The molecule has 0 aliphatic heterocycles. The fourth-order valence-corrected chi connectivity index (χ4v) is 3.56. The highest BCUT2D eigenvalue weighted by molar-refractivity contribution is 5.80. The van der Waals surface area contributed by atoms with Gasteiger partial charge in [-0.1, -0.05) is 25.3 Å². The smallest absolute Gasteiger partial charge is 0.0480 e. The fourth-order valence-electron chi connectivity index (χ4n) is 3.56. The summed E-state index contributed by atoms with van der Waals surface area (Å²) >= 11 is 0. The predicted molar refractivity (Wildman–Crippen MR) is 85.9 cm³/mol. The summed E-state index contributed by atoms with van der Waals surface area (Å²) in [6, 6.07) is 9.30. The van der Waals surface area contributed by atoms with Gasteiger partial charge in [-0.15, -0.1) is 0 Å². The van der Waals surface area contributed by atoms with Gasteiger partial charge >= 0.3 is 0 Å². The molecule has 1 aromatic carbocycles. The number of hydrogen-bond acceptors (Lipinski definition) is 1. The lowest BCUT2D eigenvalue weighted by Crippen LogP contribution is -2.17. The quantitative estimate of drug-likeness (QED) is 0.890. The molecule has 1 saturated carbocycles. The van der Waals surface area contributed by atoms with Crippen LogP contribution in [0.5, 0.6) is 0 Å². The second-order valence-corrected chi connectivity index (χ2v) is 6.55. The summed E-state index contributed by atoms with van der Waals surface area (Å²) in [5.41, 5.74) is 8.62. The Morgan fingerprint density at radius 1 is 1.20 bits per heavy atom. The van der Waals surface area contributed by atoms with Gasteiger partial charge in [0.1, 0.15) is 0 Å². The lowest BCUT2D eigenvalue weighted by molar-refractivity contribution is 0.322. The van der Waals surface area contributed by atoms with E-state index >= 15 is 0 Å². The maximum atomic E-state index is 5.89. The van der Waals surface area contributed by atoms with Gasteiger partial charge in [-0.25, -0.2) is 0 Å². The Bertz CT molecular complexity index is 562. The van der Waals surface area contributed by atoms with Crippen LogP contribution in [0.1, 0.15) is 44.6 Å². The number of rotatable bonds is 4. The minimum absolute atomic E-state index is 0.233. The molecule has 108 valence electrons. The highest BCUT2D eigenvalue weighted by Crippen LogP contribution is 2.27. The van der Waals surface area contributed by atoms with Crippen LogP contribution in [0.15, 0.2) is 30.5 Å². The van der Waals surface area contributed by atoms with Crippen molar-refractivity contribution < 1.29 is 0 Å². The summed E-state index contributed by atoms with van der Waals surface area (Å²) in [7, 11) is 0. The zero-order valence-electron chi connectivity index (χ0n) is 12.5. The highest BCUT2D eigenvalue weighted by atomic mass is 15.0. The molecule has 1 aliphatic carbocycles. The molecule has 1 fully saturated rings. The van der Waals surface area contributed by atoms with Gasteiger partial charge in [0.25, 0.3) is 0 Å². The standard InChI is InChI=1S/C18H26N2/c1-14(19)11-16-7-8-18-17(12-16)9-10-20(18)13-15-5-3-2-4-6-15/h7-10,12,14-15H,2-6,11,13,19H2,1H3. The van der Waals surface area contributed by atoms with Crippen LogP contribution >= 0.6 is 0 Å². The Hall–Kier alpha value is -1.28. The first-order valence-corrected chi connectivity index (χ1v) is 8.06. The van der Waals surface area contributed by atoms with Gasteiger partial charge in [0.05, 0.1) is 0 Å². The molecule has 2 heteroatoms. The molecule has 1 heterocycles. The Kier molecular flexibility index (Phi) is 4.11. The molecule has 0 amide bonds. The van der Waals surface area contributed by atoms with E-state index in [0.717, 1.165) is 12.3 Å². The van der Waals surface area contributed by atoms with Crippen molar-refractivity contribution in [2.75, 3.05) is 0 Å². The Labute approximate surface area is 122 Å². The highest BCUT2D eigenvalue weighted by Gasteiger charge is 2.14. The summed E-state index contributed by atoms with van der Waals surface area (Å²) in [4.78, 5) is 0. The van der Waals surface area contributed by atoms with Crippen molar-refractivity contribution in [3.8, 4) is 0 Å². The maximum Gasteiger partial charge on any atom is 0.0480 e. The topological polar surface area (TPSA) is 30.9 Å². The van der Waals surface area contributed by atoms with Crippen LogP contribution in [0.25, 0.3) is 10.9 Å². The van der Waals surface area contributed by atoms with E-state index in [9.17, 15) is 0 Å². The van der Waals surface area contributed by atoms with Crippen molar-refractivity contribution in [3.05, 3.63) is 36.0 Å². The van der Waals surface area contributed by atoms with Crippen LogP contribution in [0.4, 0.5) is 0 Å². The van der Waals surface area contributed by atoms with E-state index in [1.807, 2.05) is 0 Å². The predicted octanol–water partition coefficient (Wildman–Crippen LogP) is 4.11. The first-order chi connectivity index (χ1) is 9.72. The van der Waals surface area contributed by atoms with E-state index in [2.05, 4.69) is 42.0 Å². The summed E-state index contributed by atoms with van der Waals surface area (Å²) in [6.45, 7) is 3.26. The Morgan fingerprint density at radius 3 is 2.75 bits per heavy atom. The molecule has 3 rings (SSSR count). The second kappa shape index (κ2) is 6.01. The first kappa shape index (κ1) is 13.7. The van der Waals surface area contributed by atoms with Gasteiger partial charge in [0.2, 0.25) is 0 Å². The molecular formula is C18H26N2. The molecule has 2 N–H and O–H groups in total. The minimum Gasteiger partial charge on any atom is -0.347 e. The minimum atomic E-state index is 0.233. The number of aromatic nitrogens is 1. The van der Waals surface area contributed by atoms with E-state index in [0.29, 0.717) is 0 Å². The van der Waals surface area contributed by atoms with Crippen molar-refractivity contribution in [1.29, 1.82) is 0 Å². The molecule has 0 spiro atoms. The molecule has 1 unspecified atom stereocenters. The van der Waals surface area contributed by atoms with Crippen LogP contribution in [0.3, 0.4) is 0 Å². The van der Waals surface area contributed by atoms with Crippen LogP contribution in [0, 0.1) is 5.92 Å². The van der Waals surface area contributed by atoms with Gasteiger partial charge in [0, 0.05) is 24.3 Å². The molecule has 2 aromatic rings. The zero-order valence-corrected chi connectivity index (χ0v) is 12.5. The molecule has 0 saturated heterocycles. The van der Waals surface area contributed by atoms with Crippen LogP contribution < -0.4 is 5.73 Å². The third kappa shape index (κ3) is 3.06. The Balaban J connectivity index is 1.78. The van der Waals surface area contributed by atoms with E-state index in [1.54, 1.807) is 0 Å². The monoisotopic (exact) mass is 270 g/mol. The lowest BCUT2D eigenvalue weighted by Gasteiger charge is -2.22. The first-order valence-electron chi connectivity index (χ1n) is 8.06. The molecule has 20 heavy (non-hydrogen) atoms. The van der Waals surface area contributed by atoms with Crippen LogP contribution in [0.2, 0.25) is 0 Å². The van der Waals surface area contributed by atoms with E-state index in [4.69, 9.17) is 5.73 Å². The van der Waals surface area contributed by atoms with Crippen LogP contribution in [-0.2, 0) is 13.0 Å². The third-order valence-electron chi connectivity index (χ3n) is 4.57. The number of nitrogens with two attached hydrogens (primary N) is 1. The van der Waals surface area contributed by atoms with Crippen molar-refractivity contribution in [1.82, 2.24) is 4.57 Å². The summed E-state index contributed by atoms with van der Waals surface area (Å²) in [5, 5.41) is 1.36. The van der Waals surface area contributed by atoms with Crippen LogP contribution in [-0.4, -0.2) is 10.6 Å². The molecule has 1 aromatic heterocycles. The second-order valence-electron chi connectivity index (χ2n) is 6.55.